The van der Waals surface area contributed by atoms with Gasteiger partial charge in [-0.2, -0.15) is 0 Å². The minimum Gasteiger partial charge on any atom is -0.355 e. The van der Waals surface area contributed by atoms with Crippen molar-refractivity contribution in [3.8, 4) is 0 Å². The Morgan fingerprint density at radius 2 is 1.86 bits per heavy atom. The molecular formula is C12H19NO. The van der Waals surface area contributed by atoms with E-state index < -0.39 is 0 Å². The van der Waals surface area contributed by atoms with Crippen molar-refractivity contribution >= 4 is 5.91 Å². The third kappa shape index (κ3) is 0.768. The Morgan fingerprint density at radius 3 is 2.36 bits per heavy atom. The summed E-state index contributed by atoms with van der Waals surface area (Å²) in [4.78, 5) is 11.7. The molecular weight excluding hydrogens is 174 g/mol. The van der Waals surface area contributed by atoms with Crippen LogP contribution in [0.25, 0.3) is 0 Å². The number of fused-ring (bicyclic) bond motifs is 1. The van der Waals surface area contributed by atoms with Crippen molar-refractivity contribution in [3.63, 3.8) is 0 Å². The third-order valence-corrected chi connectivity index (χ3v) is 5.45. The van der Waals surface area contributed by atoms with E-state index in [4.69, 9.17) is 0 Å². The predicted octanol–water partition coefficient (Wildman–Crippen LogP) is 2.09. The maximum Gasteiger partial charge on any atom is 0.223 e. The van der Waals surface area contributed by atoms with Crippen LogP contribution in [0.5, 0.6) is 0 Å². The molecule has 0 aromatic heterocycles. The summed E-state index contributed by atoms with van der Waals surface area (Å²) in [5, 5.41) is 3.09. The van der Waals surface area contributed by atoms with Crippen LogP contribution in [0.15, 0.2) is 0 Å². The monoisotopic (exact) mass is 193 g/mol. The summed E-state index contributed by atoms with van der Waals surface area (Å²) in [5.74, 6) is 0.573. The first-order valence-electron chi connectivity index (χ1n) is 5.98. The van der Waals surface area contributed by atoms with E-state index in [1.807, 2.05) is 0 Å². The second-order valence-corrected chi connectivity index (χ2v) is 5.58. The lowest BCUT2D eigenvalue weighted by Crippen LogP contribution is -2.47. The number of carbonyl (C=O) groups excluding carboxylic acids is 1. The van der Waals surface area contributed by atoms with Gasteiger partial charge in [-0.25, -0.2) is 0 Å². The van der Waals surface area contributed by atoms with Crippen LogP contribution in [0.1, 0.15) is 45.4 Å². The molecule has 2 saturated carbocycles. The number of hydrogen-bond acceptors (Lipinski definition) is 1. The molecule has 0 aromatic rings. The molecule has 0 radical (unpaired) electrons. The van der Waals surface area contributed by atoms with Crippen molar-refractivity contribution in [2.45, 2.75) is 45.4 Å². The third-order valence-electron chi connectivity index (χ3n) is 5.45. The van der Waals surface area contributed by atoms with Crippen LogP contribution in [-0.2, 0) is 4.79 Å². The van der Waals surface area contributed by atoms with Gasteiger partial charge >= 0.3 is 0 Å². The van der Waals surface area contributed by atoms with Crippen molar-refractivity contribution < 1.29 is 4.79 Å². The highest BCUT2D eigenvalue weighted by atomic mass is 16.2. The molecule has 0 bridgehead atoms. The van der Waals surface area contributed by atoms with Crippen LogP contribution in [0.4, 0.5) is 0 Å². The van der Waals surface area contributed by atoms with Gasteiger partial charge in [-0.3, -0.25) is 4.79 Å². The summed E-state index contributed by atoms with van der Waals surface area (Å²) in [6, 6.07) is 0. The van der Waals surface area contributed by atoms with Gasteiger partial charge in [0.1, 0.15) is 0 Å². The Bertz CT molecular complexity index is 282. The highest BCUT2D eigenvalue weighted by Crippen LogP contribution is 2.67. The quantitative estimate of drug-likeness (QED) is 0.627. The molecule has 1 amide bonds. The van der Waals surface area contributed by atoms with E-state index in [2.05, 4.69) is 12.2 Å². The topological polar surface area (TPSA) is 29.1 Å². The molecule has 3 fully saturated rings. The molecule has 3 rings (SSSR count). The zero-order chi connectivity index (χ0) is 9.81. The van der Waals surface area contributed by atoms with E-state index in [0.717, 1.165) is 6.54 Å². The molecule has 14 heavy (non-hydrogen) atoms. The maximum atomic E-state index is 11.7. The van der Waals surface area contributed by atoms with Crippen LogP contribution < -0.4 is 5.32 Å². The summed E-state index contributed by atoms with van der Waals surface area (Å²) in [7, 11) is 0. The molecule has 1 N–H and O–H groups in total. The second kappa shape index (κ2) is 2.53. The normalized spacial score (nSPS) is 44.4. The lowest BCUT2D eigenvalue weighted by Gasteiger charge is -2.52. The fraction of sp³-hybridized carbons (Fsp3) is 0.917. The Labute approximate surface area is 85.4 Å². The van der Waals surface area contributed by atoms with Crippen molar-refractivity contribution in [2.75, 3.05) is 6.54 Å². The number of amides is 1. The molecule has 2 nitrogen and oxygen atoms in total. The fourth-order valence-corrected chi connectivity index (χ4v) is 4.36. The van der Waals surface area contributed by atoms with E-state index in [-0.39, 0.29) is 5.92 Å². The van der Waals surface area contributed by atoms with E-state index in [9.17, 15) is 4.79 Å². The standard InChI is InChI=1S/C12H19NO/c1-9-10(14)13-8-12(9)7-3-6-11(12)4-2-5-11/h9H,2-8H2,1H3,(H,13,14). The zero-order valence-electron chi connectivity index (χ0n) is 8.94. The maximum absolute atomic E-state index is 11.7. The first-order valence-corrected chi connectivity index (χ1v) is 5.98. The molecule has 2 aliphatic carbocycles. The number of carbonyl (C=O) groups is 1. The highest BCUT2D eigenvalue weighted by Gasteiger charge is 2.63. The van der Waals surface area contributed by atoms with Crippen LogP contribution >= 0.6 is 0 Å². The SMILES string of the molecule is CC1C(=O)NCC12CCCC21CCC1. The van der Waals surface area contributed by atoms with Gasteiger partial charge in [0, 0.05) is 17.9 Å². The zero-order valence-corrected chi connectivity index (χ0v) is 8.94. The summed E-state index contributed by atoms with van der Waals surface area (Å²) in [6.07, 6.45) is 8.17. The van der Waals surface area contributed by atoms with E-state index >= 15 is 0 Å². The lowest BCUT2D eigenvalue weighted by molar-refractivity contribution is -0.126. The highest BCUT2D eigenvalue weighted by molar-refractivity contribution is 5.82. The molecule has 78 valence electrons. The summed E-state index contributed by atoms with van der Waals surface area (Å²) in [5.41, 5.74) is 0.911. The second-order valence-electron chi connectivity index (χ2n) is 5.58. The first kappa shape index (κ1) is 8.75. The van der Waals surface area contributed by atoms with Crippen molar-refractivity contribution in [3.05, 3.63) is 0 Å². The van der Waals surface area contributed by atoms with Crippen molar-refractivity contribution in [1.29, 1.82) is 0 Å². The van der Waals surface area contributed by atoms with E-state index in [1.165, 1.54) is 38.5 Å². The average Bonchev–Trinajstić information content (AvgIpc) is 2.63. The number of hydrogen-bond donors (Lipinski definition) is 1. The molecule has 2 atom stereocenters. The molecule has 1 saturated heterocycles. The Hall–Kier alpha value is -0.530. The summed E-state index contributed by atoms with van der Waals surface area (Å²) in [6.45, 7) is 3.11. The van der Waals surface area contributed by atoms with Gasteiger partial charge in [-0.15, -0.1) is 0 Å². The van der Waals surface area contributed by atoms with Crippen molar-refractivity contribution in [1.82, 2.24) is 5.32 Å². The predicted molar refractivity (Wildman–Crippen MR) is 54.7 cm³/mol. The van der Waals surface area contributed by atoms with E-state index in [0.29, 0.717) is 16.7 Å². The van der Waals surface area contributed by atoms with Crippen LogP contribution in [0, 0.1) is 16.7 Å². The fourth-order valence-electron chi connectivity index (χ4n) is 4.36. The molecule has 0 aromatic carbocycles. The Kier molecular flexibility index (Phi) is 1.58. The minimum atomic E-state index is 0.269. The van der Waals surface area contributed by atoms with Crippen LogP contribution in [-0.4, -0.2) is 12.5 Å². The largest absolute Gasteiger partial charge is 0.355 e. The Morgan fingerprint density at radius 1 is 1.21 bits per heavy atom. The van der Waals surface area contributed by atoms with Gasteiger partial charge in [0.2, 0.25) is 5.91 Å². The van der Waals surface area contributed by atoms with Gasteiger partial charge in [-0.1, -0.05) is 19.8 Å². The number of rotatable bonds is 0. The molecule has 2 unspecified atom stereocenters. The van der Waals surface area contributed by atoms with Crippen molar-refractivity contribution in [2.24, 2.45) is 16.7 Å². The molecule has 3 aliphatic rings. The molecule has 1 aliphatic heterocycles. The first-order chi connectivity index (χ1) is 6.70. The number of nitrogens with one attached hydrogen (secondary N) is 1. The molecule has 2 heteroatoms. The summed E-state index contributed by atoms with van der Waals surface area (Å²) < 4.78 is 0. The van der Waals surface area contributed by atoms with E-state index in [1.54, 1.807) is 0 Å². The van der Waals surface area contributed by atoms with Crippen LogP contribution in [0.3, 0.4) is 0 Å². The van der Waals surface area contributed by atoms with Crippen LogP contribution in [0.2, 0.25) is 0 Å². The van der Waals surface area contributed by atoms with Gasteiger partial charge in [0.15, 0.2) is 0 Å². The van der Waals surface area contributed by atoms with Gasteiger partial charge in [0.25, 0.3) is 0 Å². The lowest BCUT2D eigenvalue weighted by atomic mass is 9.52. The minimum absolute atomic E-state index is 0.269. The molecule has 1 heterocycles. The summed E-state index contributed by atoms with van der Waals surface area (Å²) >= 11 is 0. The van der Waals surface area contributed by atoms with Gasteiger partial charge in [0.05, 0.1) is 0 Å². The average molecular weight is 193 g/mol. The van der Waals surface area contributed by atoms with Gasteiger partial charge < -0.3 is 5.32 Å². The Balaban J connectivity index is 1.98. The van der Waals surface area contributed by atoms with Gasteiger partial charge in [-0.05, 0) is 31.1 Å². The molecule has 2 spiro atoms. The smallest absolute Gasteiger partial charge is 0.223 e.